The second-order valence-electron chi connectivity index (χ2n) is 13.6. The summed E-state index contributed by atoms with van der Waals surface area (Å²) in [5.41, 5.74) is 10.3. The number of anilines is 1. The lowest BCUT2D eigenvalue weighted by Gasteiger charge is -2.22. The van der Waals surface area contributed by atoms with Crippen LogP contribution in [0.2, 0.25) is 0 Å². The molecule has 2 aliphatic carbocycles. The Balaban J connectivity index is 1.43. The summed E-state index contributed by atoms with van der Waals surface area (Å²) in [5.74, 6) is 0.998. The van der Waals surface area contributed by atoms with Crippen molar-refractivity contribution in [1.82, 2.24) is 0 Å². The highest BCUT2D eigenvalue weighted by molar-refractivity contribution is 6.14. The number of hydrogen-bond donors (Lipinski definition) is 1. The van der Waals surface area contributed by atoms with E-state index in [4.69, 9.17) is 4.74 Å². The number of nitrogens with one attached hydrogen (secondary N) is 1. The van der Waals surface area contributed by atoms with Gasteiger partial charge < -0.3 is 10.1 Å². The molecular weight excluding hydrogens is 590 g/mol. The maximum atomic E-state index is 14.2. The van der Waals surface area contributed by atoms with Crippen molar-refractivity contribution < 1.29 is 14.3 Å². The molecule has 5 rings (SSSR count). The monoisotopic (exact) mass is 639 g/mol. The first-order chi connectivity index (χ1) is 23.2. The maximum absolute atomic E-state index is 14.2. The smallest absolute Gasteiger partial charge is 0.305 e. The van der Waals surface area contributed by atoms with Crippen molar-refractivity contribution in [2.24, 2.45) is 11.8 Å². The molecular formula is C44H49NO3. The topological polar surface area (TPSA) is 55.4 Å². The van der Waals surface area contributed by atoms with E-state index in [1.54, 1.807) is 0 Å². The maximum Gasteiger partial charge on any atom is 0.305 e. The first kappa shape index (κ1) is 34.6. The van der Waals surface area contributed by atoms with E-state index in [2.05, 4.69) is 87.6 Å². The number of carbonyl (C=O) groups is 2. The van der Waals surface area contributed by atoms with Crippen molar-refractivity contribution in [2.45, 2.75) is 72.8 Å². The molecule has 248 valence electrons. The van der Waals surface area contributed by atoms with Crippen LogP contribution in [0, 0.1) is 11.8 Å². The Hall–Kier alpha value is -4.70. The second kappa shape index (κ2) is 16.4. The Morgan fingerprint density at radius 3 is 1.88 bits per heavy atom. The summed E-state index contributed by atoms with van der Waals surface area (Å²) in [6.07, 6.45) is 3.82. The van der Waals surface area contributed by atoms with Gasteiger partial charge in [-0.1, -0.05) is 119 Å². The molecule has 0 fully saturated rings. The largest absolute Gasteiger partial charge is 0.466 e. The number of fused-ring (bicyclic) bond motifs is 1. The molecule has 0 aliphatic heterocycles. The fraction of sp³-hybridized carbons (Fsp3) is 0.318. The summed E-state index contributed by atoms with van der Waals surface area (Å²) in [4.78, 5) is 26.1. The minimum Gasteiger partial charge on any atom is -0.466 e. The van der Waals surface area contributed by atoms with Crippen LogP contribution < -0.4 is 5.32 Å². The van der Waals surface area contributed by atoms with E-state index in [0.717, 1.165) is 35.2 Å². The van der Waals surface area contributed by atoms with Crippen LogP contribution in [0.5, 0.6) is 0 Å². The van der Waals surface area contributed by atoms with Gasteiger partial charge in [-0.05, 0) is 102 Å². The van der Waals surface area contributed by atoms with Gasteiger partial charge in [-0.3, -0.25) is 9.59 Å². The molecule has 0 radical (unpaired) electrons. The lowest BCUT2D eigenvalue weighted by Crippen LogP contribution is -2.13. The molecule has 0 spiro atoms. The van der Waals surface area contributed by atoms with Crippen LogP contribution in [0.25, 0.3) is 11.1 Å². The predicted molar refractivity (Wildman–Crippen MR) is 198 cm³/mol. The molecule has 0 saturated carbocycles. The molecule has 4 nitrogen and oxygen atoms in total. The van der Waals surface area contributed by atoms with Gasteiger partial charge in [0.2, 0.25) is 0 Å². The Kier molecular flexibility index (Phi) is 11.8. The van der Waals surface area contributed by atoms with Crippen LogP contribution in [0.3, 0.4) is 0 Å². The Morgan fingerprint density at radius 1 is 0.688 bits per heavy atom. The molecule has 3 aromatic carbocycles. The third kappa shape index (κ3) is 9.01. The molecule has 0 heterocycles. The highest BCUT2D eigenvalue weighted by Gasteiger charge is 2.22. The van der Waals surface area contributed by atoms with Crippen molar-refractivity contribution in [3.63, 3.8) is 0 Å². The Labute approximate surface area is 286 Å². The van der Waals surface area contributed by atoms with Crippen LogP contribution in [0.4, 0.5) is 5.69 Å². The zero-order valence-electron chi connectivity index (χ0n) is 29.1. The summed E-state index contributed by atoms with van der Waals surface area (Å²) in [6, 6.07) is 37.7. The summed E-state index contributed by atoms with van der Waals surface area (Å²) in [5, 5.41) is 3.78. The van der Waals surface area contributed by atoms with Crippen molar-refractivity contribution in [1.29, 1.82) is 0 Å². The molecule has 0 bridgehead atoms. The number of benzene rings is 3. The normalized spacial score (nSPS) is 11.4. The molecule has 4 heteroatoms. The number of esters is 1. The van der Waals surface area contributed by atoms with Gasteiger partial charge >= 0.3 is 5.97 Å². The lowest BCUT2D eigenvalue weighted by molar-refractivity contribution is -0.143. The zero-order chi connectivity index (χ0) is 34.0. The van der Waals surface area contributed by atoms with E-state index in [0.29, 0.717) is 48.8 Å². The third-order valence-corrected chi connectivity index (χ3v) is 8.72. The molecule has 0 atom stereocenters. The predicted octanol–water partition coefficient (Wildman–Crippen LogP) is 10.5. The van der Waals surface area contributed by atoms with Crippen molar-refractivity contribution in [2.75, 3.05) is 11.9 Å². The zero-order valence-corrected chi connectivity index (χ0v) is 29.1. The highest BCUT2D eigenvalue weighted by Crippen LogP contribution is 2.35. The van der Waals surface area contributed by atoms with Gasteiger partial charge in [0, 0.05) is 23.2 Å². The van der Waals surface area contributed by atoms with E-state index in [1.165, 1.54) is 22.3 Å². The third-order valence-electron chi connectivity index (χ3n) is 8.72. The number of ketones is 1. The van der Waals surface area contributed by atoms with Gasteiger partial charge in [0.05, 0.1) is 12.6 Å². The number of aryl methyl sites for hydroxylation is 1. The van der Waals surface area contributed by atoms with Crippen LogP contribution in [0.1, 0.15) is 97.2 Å². The van der Waals surface area contributed by atoms with E-state index in [9.17, 15) is 9.59 Å². The van der Waals surface area contributed by atoms with E-state index in [1.807, 2.05) is 61.5 Å². The van der Waals surface area contributed by atoms with E-state index >= 15 is 0 Å². The Morgan fingerprint density at radius 2 is 1.29 bits per heavy atom. The van der Waals surface area contributed by atoms with Gasteiger partial charge in [0.15, 0.2) is 5.78 Å². The number of hydrogen-bond acceptors (Lipinski definition) is 4. The minimum atomic E-state index is -0.184. The molecule has 48 heavy (non-hydrogen) atoms. The van der Waals surface area contributed by atoms with Crippen LogP contribution >= 0.6 is 0 Å². The molecule has 0 unspecified atom stereocenters. The van der Waals surface area contributed by atoms with E-state index < -0.39 is 0 Å². The van der Waals surface area contributed by atoms with Crippen LogP contribution in [-0.2, 0) is 28.8 Å². The van der Waals surface area contributed by atoms with Crippen LogP contribution in [-0.4, -0.2) is 18.4 Å². The van der Waals surface area contributed by atoms with Gasteiger partial charge in [-0.15, -0.1) is 0 Å². The minimum absolute atomic E-state index is 0.0147. The molecule has 3 aromatic rings. The molecule has 0 saturated heterocycles. The standard InChI is InChI=1S/C44H49NO3/c1-6-48-42(46)17-11-12-36-29-41(40-16-9-7-8-15-39(36)40)44(47)37-13-10-14-38(28-37)45-43(34-22-18-32(19-23-34)26-30(2)3)35-24-20-33(21-25-35)27-31(4)5/h7-10,13-16,18-25,28-31,43,45H,6,11-12,17,26-27H2,1-5H3. The van der Waals surface area contributed by atoms with Gasteiger partial charge in [0.25, 0.3) is 0 Å². The van der Waals surface area contributed by atoms with Gasteiger partial charge in [-0.2, -0.15) is 0 Å². The first-order valence-corrected chi connectivity index (χ1v) is 17.5. The summed E-state index contributed by atoms with van der Waals surface area (Å²) in [7, 11) is 0. The second-order valence-corrected chi connectivity index (χ2v) is 13.6. The number of carbonyl (C=O) groups excluding carboxylic acids is 2. The lowest BCUT2D eigenvalue weighted by atomic mass is 9.93. The highest BCUT2D eigenvalue weighted by atomic mass is 16.5. The molecule has 0 amide bonds. The summed E-state index contributed by atoms with van der Waals surface area (Å²) in [6.45, 7) is 11.2. The van der Waals surface area contributed by atoms with Crippen molar-refractivity contribution >= 4 is 17.4 Å². The fourth-order valence-corrected chi connectivity index (χ4v) is 6.51. The SMILES string of the molecule is CCOC(=O)CCCc1cc(C(=O)c2cccc(NC(c3ccc(CC(C)C)cc3)c3ccc(CC(C)C)cc3)c2)c2cccccc1-2. The molecule has 2 aliphatic rings. The molecule has 1 N–H and O–H groups in total. The average Bonchev–Trinajstić information content (AvgIpc) is 3.22. The van der Waals surface area contributed by atoms with E-state index in [-0.39, 0.29) is 17.8 Å². The number of ether oxygens (including phenoxy) is 1. The quantitative estimate of drug-likeness (QED) is 0.0915. The fourth-order valence-electron chi connectivity index (χ4n) is 6.51. The van der Waals surface area contributed by atoms with Crippen molar-refractivity contribution in [3.05, 3.63) is 148 Å². The molecule has 0 aromatic heterocycles. The van der Waals surface area contributed by atoms with Gasteiger partial charge in [0.1, 0.15) is 0 Å². The average molecular weight is 640 g/mol. The summed E-state index contributed by atoms with van der Waals surface area (Å²) < 4.78 is 5.12. The van der Waals surface area contributed by atoms with Gasteiger partial charge in [-0.25, -0.2) is 0 Å². The summed E-state index contributed by atoms with van der Waals surface area (Å²) >= 11 is 0. The number of rotatable bonds is 15. The van der Waals surface area contributed by atoms with Crippen molar-refractivity contribution in [3.8, 4) is 11.1 Å². The first-order valence-electron chi connectivity index (χ1n) is 17.5. The van der Waals surface area contributed by atoms with Crippen LogP contribution in [0.15, 0.2) is 109 Å². The Bertz CT molecular complexity index is 1710.